The van der Waals surface area contributed by atoms with Crippen molar-refractivity contribution in [1.29, 1.82) is 0 Å². The second kappa shape index (κ2) is 15.6. The molecule has 36 heavy (non-hydrogen) atoms. The molecule has 16 nitrogen and oxygen atoms in total. The summed E-state index contributed by atoms with van der Waals surface area (Å²) in [6.45, 7) is 2.44. The highest BCUT2D eigenvalue weighted by atomic mass is 16.4. The van der Waals surface area contributed by atoms with Crippen molar-refractivity contribution >= 4 is 47.5 Å². The summed E-state index contributed by atoms with van der Waals surface area (Å²) in [5.41, 5.74) is 0. The number of rotatable bonds is 17. The van der Waals surface area contributed by atoms with Gasteiger partial charge >= 0.3 is 23.9 Å². The third-order valence-electron chi connectivity index (χ3n) is 4.63. The zero-order valence-corrected chi connectivity index (χ0v) is 19.6. The van der Waals surface area contributed by atoms with E-state index < -0.39 is 110 Å². The molecule has 0 radical (unpaired) electrons. The Hall–Kier alpha value is -4.24. The highest BCUT2D eigenvalue weighted by molar-refractivity contribution is 5.95. The molecule has 16 heteroatoms. The maximum Gasteiger partial charge on any atom is 0.326 e. The van der Waals surface area contributed by atoms with Crippen LogP contribution in [0.2, 0.25) is 0 Å². The number of nitrogens with one attached hydrogen (secondary N) is 4. The van der Waals surface area contributed by atoms with Crippen LogP contribution in [0.25, 0.3) is 0 Å². The summed E-state index contributed by atoms with van der Waals surface area (Å²) in [6, 6.07) is -5.87. The van der Waals surface area contributed by atoms with Crippen molar-refractivity contribution < 1.29 is 58.8 Å². The molecule has 4 amide bonds. The normalized spacial score (nSPS) is 13.7. The van der Waals surface area contributed by atoms with Crippen molar-refractivity contribution in [3.63, 3.8) is 0 Å². The zero-order valence-electron chi connectivity index (χ0n) is 19.6. The number of carbonyl (C=O) groups excluding carboxylic acids is 4. The molecule has 0 heterocycles. The van der Waals surface area contributed by atoms with Gasteiger partial charge in [-0.05, 0) is 26.2 Å². The van der Waals surface area contributed by atoms with Gasteiger partial charge in [0.2, 0.25) is 23.6 Å². The fraction of sp³-hybridized carbons (Fsp3) is 0.600. The van der Waals surface area contributed by atoms with Gasteiger partial charge in [-0.3, -0.25) is 33.6 Å². The van der Waals surface area contributed by atoms with Crippen molar-refractivity contribution in [1.82, 2.24) is 21.3 Å². The number of carbonyl (C=O) groups is 8. The van der Waals surface area contributed by atoms with Crippen LogP contribution in [-0.2, 0) is 38.4 Å². The smallest absolute Gasteiger partial charge is 0.326 e. The average molecular weight is 518 g/mol. The second-order valence-corrected chi connectivity index (χ2v) is 7.74. The fourth-order valence-electron chi connectivity index (χ4n) is 2.81. The average Bonchev–Trinajstić information content (AvgIpc) is 2.75. The van der Waals surface area contributed by atoms with E-state index in [0.717, 1.165) is 6.92 Å². The topological polar surface area (TPSA) is 266 Å². The van der Waals surface area contributed by atoms with E-state index in [2.05, 4.69) is 16.0 Å². The molecule has 8 N–H and O–H groups in total. The Bertz CT molecular complexity index is 875. The predicted octanol–water partition coefficient (Wildman–Crippen LogP) is -2.36. The van der Waals surface area contributed by atoms with Crippen LogP contribution in [0.3, 0.4) is 0 Å². The molecule has 0 aromatic carbocycles. The number of carboxylic acid groups (broad SMARTS) is 4. The maximum atomic E-state index is 12.8. The minimum atomic E-state index is -1.65. The van der Waals surface area contributed by atoms with E-state index in [0.29, 0.717) is 0 Å². The highest BCUT2D eigenvalue weighted by Gasteiger charge is 2.31. The SMILES string of the molecule is CC(=O)N[C@H](C)C(=O)N[C@@H](CCC(=O)O)C(=O)N[C@H](CCC(=O)O)C(=O)N[C@@H](CCC(=O)O)C(=O)O. The summed E-state index contributed by atoms with van der Waals surface area (Å²) >= 11 is 0. The Kier molecular flexibility index (Phi) is 13.8. The van der Waals surface area contributed by atoms with Crippen molar-refractivity contribution in [2.75, 3.05) is 0 Å². The van der Waals surface area contributed by atoms with Gasteiger partial charge in [-0.1, -0.05) is 0 Å². The summed E-state index contributed by atoms with van der Waals surface area (Å²) in [7, 11) is 0. The molecule has 0 saturated carbocycles. The number of aliphatic carboxylic acids is 4. The van der Waals surface area contributed by atoms with Crippen molar-refractivity contribution in [2.24, 2.45) is 0 Å². The van der Waals surface area contributed by atoms with Crippen LogP contribution in [0.15, 0.2) is 0 Å². The molecule has 0 saturated heterocycles. The molecular formula is C20H30N4O12. The molecule has 202 valence electrons. The molecule has 0 aliphatic carbocycles. The van der Waals surface area contributed by atoms with Crippen LogP contribution in [0, 0.1) is 0 Å². The molecule has 0 aromatic rings. The standard InChI is InChI=1S/C20H30N4O12/c1-9(21-10(2)25)17(32)22-11(3-6-14(26)27)18(33)23-12(4-7-15(28)29)19(34)24-13(20(35)36)5-8-16(30)31/h9,11-13H,3-8H2,1-2H3,(H,21,25)(H,22,32)(H,23,33)(H,24,34)(H,26,27)(H,28,29)(H,30,31)(H,35,36)/t9-,11+,12-,13+/m1/s1. The molecule has 0 unspecified atom stereocenters. The van der Waals surface area contributed by atoms with Gasteiger partial charge in [0.1, 0.15) is 24.2 Å². The van der Waals surface area contributed by atoms with Crippen LogP contribution < -0.4 is 21.3 Å². The first-order valence-electron chi connectivity index (χ1n) is 10.7. The lowest BCUT2D eigenvalue weighted by Gasteiger charge is -2.25. The van der Waals surface area contributed by atoms with E-state index in [9.17, 15) is 43.5 Å². The van der Waals surface area contributed by atoms with Gasteiger partial charge in [0, 0.05) is 26.2 Å². The summed E-state index contributed by atoms with van der Waals surface area (Å²) in [5.74, 6) is -9.13. The largest absolute Gasteiger partial charge is 0.481 e. The first kappa shape index (κ1) is 31.8. The molecule has 4 atom stereocenters. The van der Waals surface area contributed by atoms with Crippen LogP contribution >= 0.6 is 0 Å². The van der Waals surface area contributed by atoms with Crippen LogP contribution in [-0.4, -0.2) is 92.1 Å². The summed E-state index contributed by atoms with van der Waals surface area (Å²) in [5, 5.41) is 44.5. The first-order chi connectivity index (χ1) is 16.6. The van der Waals surface area contributed by atoms with Gasteiger partial charge in [-0.15, -0.1) is 0 Å². The van der Waals surface area contributed by atoms with Crippen molar-refractivity contribution in [3.8, 4) is 0 Å². The highest BCUT2D eigenvalue weighted by Crippen LogP contribution is 2.06. The molecule has 0 rings (SSSR count). The molecule has 0 aromatic heterocycles. The van der Waals surface area contributed by atoms with Crippen molar-refractivity contribution in [3.05, 3.63) is 0 Å². The number of carboxylic acids is 4. The van der Waals surface area contributed by atoms with E-state index in [1.165, 1.54) is 6.92 Å². The Balaban J connectivity index is 5.66. The molecule has 0 aliphatic heterocycles. The van der Waals surface area contributed by atoms with Gasteiger partial charge in [0.25, 0.3) is 0 Å². The predicted molar refractivity (Wildman–Crippen MR) is 117 cm³/mol. The Morgan fingerprint density at radius 2 is 0.889 bits per heavy atom. The van der Waals surface area contributed by atoms with E-state index in [1.807, 2.05) is 5.32 Å². The first-order valence-corrected chi connectivity index (χ1v) is 10.7. The monoisotopic (exact) mass is 518 g/mol. The fourth-order valence-corrected chi connectivity index (χ4v) is 2.81. The number of hydrogen-bond donors (Lipinski definition) is 8. The maximum absolute atomic E-state index is 12.8. The second-order valence-electron chi connectivity index (χ2n) is 7.74. The van der Waals surface area contributed by atoms with E-state index in [-0.39, 0.29) is 0 Å². The van der Waals surface area contributed by atoms with Crippen LogP contribution in [0.1, 0.15) is 52.4 Å². The Morgan fingerprint density at radius 1 is 0.556 bits per heavy atom. The number of amides is 4. The Labute approximate surface area is 204 Å². The lowest BCUT2D eigenvalue weighted by molar-refractivity contribution is -0.144. The quantitative estimate of drug-likeness (QED) is 0.100. The van der Waals surface area contributed by atoms with Crippen molar-refractivity contribution in [2.45, 2.75) is 76.5 Å². The zero-order chi connectivity index (χ0) is 28.0. The molecule has 0 spiro atoms. The molecular weight excluding hydrogens is 488 g/mol. The summed E-state index contributed by atoms with van der Waals surface area (Å²) < 4.78 is 0. The minimum Gasteiger partial charge on any atom is -0.481 e. The lowest BCUT2D eigenvalue weighted by Crippen LogP contribution is -2.57. The van der Waals surface area contributed by atoms with Gasteiger partial charge in [-0.25, -0.2) is 4.79 Å². The van der Waals surface area contributed by atoms with Crippen LogP contribution in [0.5, 0.6) is 0 Å². The van der Waals surface area contributed by atoms with Gasteiger partial charge < -0.3 is 41.7 Å². The molecule has 0 aliphatic rings. The van der Waals surface area contributed by atoms with E-state index >= 15 is 0 Å². The van der Waals surface area contributed by atoms with Gasteiger partial charge in [0.05, 0.1) is 0 Å². The third kappa shape index (κ3) is 13.5. The Morgan fingerprint density at radius 3 is 1.22 bits per heavy atom. The van der Waals surface area contributed by atoms with Crippen LogP contribution in [0.4, 0.5) is 0 Å². The van der Waals surface area contributed by atoms with Gasteiger partial charge in [0.15, 0.2) is 0 Å². The molecule has 0 bridgehead atoms. The van der Waals surface area contributed by atoms with Gasteiger partial charge in [-0.2, -0.15) is 0 Å². The summed E-state index contributed by atoms with van der Waals surface area (Å²) in [4.78, 5) is 92.9. The van der Waals surface area contributed by atoms with E-state index in [4.69, 9.17) is 15.3 Å². The minimum absolute atomic E-state index is 0.427. The van der Waals surface area contributed by atoms with E-state index in [1.54, 1.807) is 0 Å². The third-order valence-corrected chi connectivity index (χ3v) is 4.63. The lowest BCUT2D eigenvalue weighted by atomic mass is 10.1. The summed E-state index contributed by atoms with van der Waals surface area (Å²) in [6.07, 6.45) is -3.22. The molecule has 0 fully saturated rings. The number of hydrogen-bond acceptors (Lipinski definition) is 8.